The standard InChI is InChI=1S/C16H17F2N3O2/c1-9-14(19-8-23-9)16(22)20-13-5-6-21(2)15(13)10-3-4-11(17)12(18)7-10/h3-4,7-8,13,15H,5-6H2,1-2H3,(H,20,22)/t13-,15+/m1/s1. The van der Waals surface area contributed by atoms with Crippen LogP contribution in [0.5, 0.6) is 0 Å². The third-order valence-corrected chi connectivity index (χ3v) is 4.21. The predicted molar refractivity (Wildman–Crippen MR) is 78.8 cm³/mol. The third-order valence-electron chi connectivity index (χ3n) is 4.21. The number of nitrogens with zero attached hydrogens (tertiary/aromatic N) is 2. The molecule has 23 heavy (non-hydrogen) atoms. The van der Waals surface area contributed by atoms with Crippen LogP contribution in [0.2, 0.25) is 0 Å². The largest absolute Gasteiger partial charge is 0.448 e. The van der Waals surface area contributed by atoms with Crippen LogP contribution in [0.3, 0.4) is 0 Å². The maximum Gasteiger partial charge on any atom is 0.273 e. The highest BCUT2D eigenvalue weighted by atomic mass is 19.2. The van der Waals surface area contributed by atoms with Gasteiger partial charge in [-0.05, 0) is 38.1 Å². The van der Waals surface area contributed by atoms with Crippen molar-refractivity contribution in [1.29, 1.82) is 0 Å². The first-order valence-corrected chi connectivity index (χ1v) is 7.33. The molecule has 1 amide bonds. The normalized spacial score (nSPS) is 21.6. The average molecular weight is 321 g/mol. The maximum atomic E-state index is 13.5. The molecule has 0 bridgehead atoms. The molecule has 5 nitrogen and oxygen atoms in total. The molecule has 1 aromatic carbocycles. The highest BCUT2D eigenvalue weighted by Gasteiger charge is 2.35. The summed E-state index contributed by atoms with van der Waals surface area (Å²) in [6, 6.07) is 3.40. The summed E-state index contributed by atoms with van der Waals surface area (Å²) in [6.45, 7) is 2.40. The van der Waals surface area contributed by atoms with E-state index in [4.69, 9.17) is 4.42 Å². The molecule has 122 valence electrons. The summed E-state index contributed by atoms with van der Waals surface area (Å²) in [5, 5.41) is 2.92. The number of benzene rings is 1. The molecule has 0 radical (unpaired) electrons. The Kier molecular flexibility index (Phi) is 4.12. The first kappa shape index (κ1) is 15.6. The van der Waals surface area contributed by atoms with Gasteiger partial charge in [0, 0.05) is 6.54 Å². The van der Waals surface area contributed by atoms with E-state index in [1.165, 1.54) is 12.5 Å². The van der Waals surface area contributed by atoms with Crippen LogP contribution in [0.25, 0.3) is 0 Å². The van der Waals surface area contributed by atoms with Gasteiger partial charge in [-0.1, -0.05) is 6.07 Å². The summed E-state index contributed by atoms with van der Waals surface area (Å²) < 4.78 is 31.7. The summed E-state index contributed by atoms with van der Waals surface area (Å²) >= 11 is 0. The molecule has 0 saturated carbocycles. The molecule has 1 N–H and O–H groups in total. The molecule has 2 aromatic rings. The van der Waals surface area contributed by atoms with E-state index in [1.54, 1.807) is 13.0 Å². The molecule has 7 heteroatoms. The summed E-state index contributed by atoms with van der Waals surface area (Å²) in [5.41, 5.74) is 0.870. The van der Waals surface area contributed by atoms with Crippen LogP contribution in [0, 0.1) is 18.6 Å². The number of aryl methyl sites for hydroxylation is 1. The minimum absolute atomic E-state index is 0.214. The van der Waals surface area contributed by atoms with Crippen LogP contribution < -0.4 is 5.32 Å². The minimum atomic E-state index is -0.889. The highest BCUT2D eigenvalue weighted by molar-refractivity contribution is 5.93. The number of halogens is 2. The van der Waals surface area contributed by atoms with Gasteiger partial charge in [0.15, 0.2) is 23.7 Å². The molecule has 0 spiro atoms. The second-order valence-electron chi connectivity index (χ2n) is 5.72. The predicted octanol–water partition coefficient (Wildman–Crippen LogP) is 2.44. The number of likely N-dealkylation sites (N-methyl/N-ethyl adjacent to an activating group) is 1. The first-order valence-electron chi connectivity index (χ1n) is 7.33. The zero-order valence-electron chi connectivity index (χ0n) is 12.8. The lowest BCUT2D eigenvalue weighted by atomic mass is 9.99. The van der Waals surface area contributed by atoms with E-state index in [0.29, 0.717) is 17.7 Å². The lowest BCUT2D eigenvalue weighted by molar-refractivity contribution is 0.0921. The molecule has 1 aliphatic heterocycles. The van der Waals surface area contributed by atoms with Crippen molar-refractivity contribution >= 4 is 5.91 Å². The fourth-order valence-corrected chi connectivity index (χ4v) is 3.04. The second-order valence-corrected chi connectivity index (χ2v) is 5.72. The molecule has 0 aliphatic carbocycles. The molecule has 1 saturated heterocycles. The van der Waals surface area contributed by atoms with Crippen molar-refractivity contribution in [1.82, 2.24) is 15.2 Å². The Morgan fingerprint density at radius 2 is 2.17 bits per heavy atom. The van der Waals surface area contributed by atoms with Gasteiger partial charge in [0.2, 0.25) is 0 Å². The van der Waals surface area contributed by atoms with Crippen LogP contribution in [-0.2, 0) is 0 Å². The second kappa shape index (κ2) is 6.08. The van der Waals surface area contributed by atoms with Gasteiger partial charge in [0.1, 0.15) is 5.76 Å². The van der Waals surface area contributed by atoms with Gasteiger partial charge in [-0.2, -0.15) is 0 Å². The summed E-state index contributed by atoms with van der Waals surface area (Å²) in [5.74, 6) is -1.66. The summed E-state index contributed by atoms with van der Waals surface area (Å²) in [7, 11) is 1.89. The van der Waals surface area contributed by atoms with Crippen molar-refractivity contribution in [2.24, 2.45) is 0 Å². The first-order chi connectivity index (χ1) is 11.0. The molecular weight excluding hydrogens is 304 g/mol. The molecule has 1 fully saturated rings. The number of likely N-dealkylation sites (tertiary alicyclic amines) is 1. The van der Waals surface area contributed by atoms with Gasteiger partial charge in [0.25, 0.3) is 5.91 Å². The fraction of sp³-hybridized carbons (Fsp3) is 0.375. The molecule has 1 aromatic heterocycles. The van der Waals surface area contributed by atoms with Gasteiger partial charge in [-0.15, -0.1) is 0 Å². The Morgan fingerprint density at radius 3 is 2.83 bits per heavy atom. The van der Waals surface area contributed by atoms with Crippen LogP contribution in [0.4, 0.5) is 8.78 Å². The van der Waals surface area contributed by atoms with Gasteiger partial charge in [-0.3, -0.25) is 9.69 Å². The number of amides is 1. The fourth-order valence-electron chi connectivity index (χ4n) is 3.04. The third kappa shape index (κ3) is 2.96. The van der Waals surface area contributed by atoms with Crippen molar-refractivity contribution in [3.63, 3.8) is 0 Å². The average Bonchev–Trinajstić information content (AvgIpc) is 3.08. The number of oxazole rings is 1. The lowest BCUT2D eigenvalue weighted by Crippen LogP contribution is -2.39. The van der Waals surface area contributed by atoms with E-state index in [1.807, 2.05) is 11.9 Å². The number of carbonyl (C=O) groups excluding carboxylic acids is 1. The van der Waals surface area contributed by atoms with Gasteiger partial charge < -0.3 is 9.73 Å². The molecule has 2 atom stereocenters. The maximum absolute atomic E-state index is 13.5. The van der Waals surface area contributed by atoms with E-state index >= 15 is 0 Å². The van der Waals surface area contributed by atoms with Crippen molar-refractivity contribution < 1.29 is 18.0 Å². The van der Waals surface area contributed by atoms with Crippen LogP contribution >= 0.6 is 0 Å². The molecule has 3 rings (SSSR count). The van der Waals surface area contributed by atoms with E-state index in [2.05, 4.69) is 10.3 Å². The molecule has 0 unspecified atom stereocenters. The SMILES string of the molecule is Cc1ocnc1C(=O)N[C@@H]1CCN(C)[C@H]1c1ccc(F)c(F)c1. The molecular formula is C16H17F2N3O2. The van der Waals surface area contributed by atoms with Gasteiger partial charge in [0.05, 0.1) is 12.1 Å². The van der Waals surface area contributed by atoms with E-state index in [-0.39, 0.29) is 23.7 Å². The van der Waals surface area contributed by atoms with E-state index < -0.39 is 11.6 Å². The van der Waals surface area contributed by atoms with Crippen molar-refractivity contribution in [3.8, 4) is 0 Å². The topological polar surface area (TPSA) is 58.4 Å². The Balaban J connectivity index is 1.82. The van der Waals surface area contributed by atoms with Crippen LogP contribution in [0.15, 0.2) is 29.0 Å². The number of carbonyl (C=O) groups is 1. The van der Waals surface area contributed by atoms with E-state index in [0.717, 1.165) is 12.6 Å². The minimum Gasteiger partial charge on any atom is -0.448 e. The van der Waals surface area contributed by atoms with E-state index in [9.17, 15) is 13.6 Å². The number of aromatic nitrogens is 1. The van der Waals surface area contributed by atoms with Crippen molar-refractivity contribution in [2.75, 3.05) is 13.6 Å². The number of hydrogen-bond acceptors (Lipinski definition) is 4. The Morgan fingerprint density at radius 1 is 1.39 bits per heavy atom. The van der Waals surface area contributed by atoms with Gasteiger partial charge >= 0.3 is 0 Å². The Labute approximate surface area is 132 Å². The highest BCUT2D eigenvalue weighted by Crippen LogP contribution is 2.32. The Bertz CT molecular complexity index is 732. The quantitative estimate of drug-likeness (QED) is 0.943. The Hall–Kier alpha value is -2.28. The lowest BCUT2D eigenvalue weighted by Gasteiger charge is -2.26. The smallest absolute Gasteiger partial charge is 0.273 e. The monoisotopic (exact) mass is 321 g/mol. The number of nitrogens with one attached hydrogen (secondary N) is 1. The molecule has 2 heterocycles. The molecule has 1 aliphatic rings. The summed E-state index contributed by atoms with van der Waals surface area (Å²) in [6.07, 6.45) is 1.93. The zero-order valence-corrected chi connectivity index (χ0v) is 12.8. The number of hydrogen-bond donors (Lipinski definition) is 1. The number of rotatable bonds is 3. The van der Waals surface area contributed by atoms with Gasteiger partial charge in [-0.25, -0.2) is 13.8 Å². The van der Waals surface area contributed by atoms with Crippen molar-refractivity contribution in [2.45, 2.75) is 25.4 Å². The summed E-state index contributed by atoms with van der Waals surface area (Å²) in [4.78, 5) is 18.2. The zero-order chi connectivity index (χ0) is 16.6. The van der Waals surface area contributed by atoms with Crippen molar-refractivity contribution in [3.05, 3.63) is 53.2 Å². The van der Waals surface area contributed by atoms with Crippen LogP contribution in [-0.4, -0.2) is 35.4 Å². The van der Waals surface area contributed by atoms with Crippen LogP contribution in [0.1, 0.15) is 34.3 Å².